The summed E-state index contributed by atoms with van der Waals surface area (Å²) in [7, 11) is -3.73. The van der Waals surface area contributed by atoms with Gasteiger partial charge in [-0.3, -0.25) is 9.52 Å². The number of anilines is 2. The van der Waals surface area contributed by atoms with Gasteiger partial charge in [-0.25, -0.2) is 13.4 Å². The SMILES string of the molecule is CCN1C(=O)COc2ccc(-c3nc(NS(=O)(=O)c4ccc(C)cc4)sc3C)cc21. The van der Waals surface area contributed by atoms with Gasteiger partial charge in [0.25, 0.3) is 15.9 Å². The number of ether oxygens (including phenoxy) is 1. The molecule has 3 aromatic rings. The van der Waals surface area contributed by atoms with Crippen LogP contribution in [0.25, 0.3) is 11.3 Å². The van der Waals surface area contributed by atoms with Crippen LogP contribution in [-0.4, -0.2) is 32.5 Å². The van der Waals surface area contributed by atoms with Crippen molar-refractivity contribution in [2.24, 2.45) is 0 Å². The average Bonchev–Trinajstić information content (AvgIpc) is 3.07. The molecule has 1 amide bonds. The van der Waals surface area contributed by atoms with Crippen molar-refractivity contribution in [1.82, 2.24) is 4.98 Å². The number of likely N-dealkylation sites (N-methyl/N-ethyl adjacent to an activating group) is 1. The molecule has 0 fully saturated rings. The lowest BCUT2D eigenvalue weighted by Crippen LogP contribution is -2.38. The number of thiazole rings is 1. The van der Waals surface area contributed by atoms with Crippen molar-refractivity contribution in [3.05, 3.63) is 52.9 Å². The first-order valence-electron chi connectivity index (χ1n) is 9.43. The van der Waals surface area contributed by atoms with E-state index >= 15 is 0 Å². The normalized spacial score (nSPS) is 13.7. The molecule has 2 aromatic carbocycles. The third kappa shape index (κ3) is 3.78. The molecule has 0 radical (unpaired) electrons. The van der Waals surface area contributed by atoms with Crippen LogP contribution in [0.5, 0.6) is 5.75 Å². The van der Waals surface area contributed by atoms with Gasteiger partial charge in [-0.15, -0.1) is 11.3 Å². The number of hydrogen-bond acceptors (Lipinski definition) is 6. The number of carbonyl (C=O) groups is 1. The number of aromatic nitrogens is 1. The van der Waals surface area contributed by atoms with Gasteiger partial charge >= 0.3 is 0 Å². The third-order valence-electron chi connectivity index (χ3n) is 4.84. The number of benzene rings is 2. The van der Waals surface area contributed by atoms with E-state index in [2.05, 4.69) is 9.71 Å². The van der Waals surface area contributed by atoms with Crippen LogP contribution in [0.3, 0.4) is 0 Å². The summed E-state index contributed by atoms with van der Waals surface area (Å²) in [6, 6.07) is 12.2. The molecule has 2 heterocycles. The number of fused-ring (bicyclic) bond motifs is 1. The Balaban J connectivity index is 1.66. The number of nitrogens with one attached hydrogen (secondary N) is 1. The zero-order valence-corrected chi connectivity index (χ0v) is 18.4. The van der Waals surface area contributed by atoms with Crippen molar-refractivity contribution in [1.29, 1.82) is 0 Å². The van der Waals surface area contributed by atoms with Crippen molar-refractivity contribution in [3.8, 4) is 17.0 Å². The second kappa shape index (κ2) is 7.73. The Hall–Kier alpha value is -2.91. The third-order valence-corrected chi connectivity index (χ3v) is 7.21. The maximum absolute atomic E-state index is 12.7. The highest BCUT2D eigenvalue weighted by molar-refractivity contribution is 7.93. The highest BCUT2D eigenvalue weighted by atomic mass is 32.2. The van der Waals surface area contributed by atoms with Crippen LogP contribution < -0.4 is 14.4 Å². The Bertz CT molecular complexity index is 1220. The first-order valence-corrected chi connectivity index (χ1v) is 11.7. The van der Waals surface area contributed by atoms with Crippen LogP contribution in [0, 0.1) is 13.8 Å². The maximum Gasteiger partial charge on any atom is 0.265 e. The molecule has 0 aliphatic carbocycles. The fourth-order valence-electron chi connectivity index (χ4n) is 3.30. The van der Waals surface area contributed by atoms with Gasteiger partial charge in [0.1, 0.15) is 5.75 Å². The molecule has 0 bridgehead atoms. The standard InChI is InChI=1S/C21H21N3O4S2/c1-4-24-17-11-15(7-10-18(17)28-12-19(24)25)20-14(3)29-21(22-20)23-30(26,27)16-8-5-13(2)6-9-16/h5-11H,4,12H2,1-3H3,(H,22,23). The second-order valence-electron chi connectivity index (χ2n) is 6.95. The summed E-state index contributed by atoms with van der Waals surface area (Å²) < 4.78 is 33.4. The molecule has 1 aliphatic rings. The number of hydrogen-bond donors (Lipinski definition) is 1. The molecule has 0 saturated heterocycles. The average molecular weight is 444 g/mol. The molecule has 0 spiro atoms. The van der Waals surface area contributed by atoms with Crippen LogP contribution in [0.15, 0.2) is 47.4 Å². The van der Waals surface area contributed by atoms with Gasteiger partial charge in [0.05, 0.1) is 16.3 Å². The van der Waals surface area contributed by atoms with Crippen LogP contribution in [0.1, 0.15) is 17.4 Å². The minimum absolute atomic E-state index is 0.0286. The summed E-state index contributed by atoms with van der Waals surface area (Å²) in [4.78, 5) is 19.4. The van der Waals surface area contributed by atoms with Gasteiger partial charge in [-0.05, 0) is 51.1 Å². The van der Waals surface area contributed by atoms with E-state index in [4.69, 9.17) is 4.74 Å². The van der Waals surface area contributed by atoms with Gasteiger partial charge in [0, 0.05) is 17.0 Å². The number of nitrogens with zero attached hydrogens (tertiary/aromatic N) is 2. The highest BCUT2D eigenvalue weighted by Gasteiger charge is 2.25. The van der Waals surface area contributed by atoms with E-state index in [9.17, 15) is 13.2 Å². The fourth-order valence-corrected chi connectivity index (χ4v) is 5.37. The van der Waals surface area contributed by atoms with E-state index in [0.717, 1.165) is 16.0 Å². The highest BCUT2D eigenvalue weighted by Crippen LogP contribution is 2.38. The first kappa shape index (κ1) is 20.4. The fraction of sp³-hybridized carbons (Fsp3) is 0.238. The zero-order chi connectivity index (χ0) is 21.5. The van der Waals surface area contributed by atoms with E-state index < -0.39 is 10.0 Å². The molecule has 7 nitrogen and oxygen atoms in total. The Morgan fingerprint density at radius 2 is 1.90 bits per heavy atom. The molecule has 0 atom stereocenters. The molecule has 1 N–H and O–H groups in total. The second-order valence-corrected chi connectivity index (χ2v) is 9.84. The number of rotatable bonds is 5. The van der Waals surface area contributed by atoms with E-state index in [1.54, 1.807) is 29.2 Å². The lowest BCUT2D eigenvalue weighted by atomic mass is 10.1. The predicted molar refractivity (Wildman–Crippen MR) is 118 cm³/mol. The Morgan fingerprint density at radius 3 is 2.60 bits per heavy atom. The largest absolute Gasteiger partial charge is 0.482 e. The number of aryl methyl sites for hydroxylation is 2. The summed E-state index contributed by atoms with van der Waals surface area (Å²) in [6.07, 6.45) is 0. The Kier molecular flexibility index (Phi) is 5.25. The molecule has 0 unspecified atom stereocenters. The Labute approximate surface area is 179 Å². The Morgan fingerprint density at radius 1 is 1.17 bits per heavy atom. The van der Waals surface area contributed by atoms with Crippen LogP contribution >= 0.6 is 11.3 Å². The van der Waals surface area contributed by atoms with Gasteiger partial charge in [0.15, 0.2) is 11.7 Å². The van der Waals surface area contributed by atoms with E-state index in [1.807, 2.05) is 39.0 Å². The van der Waals surface area contributed by atoms with Crippen molar-refractivity contribution >= 4 is 38.1 Å². The van der Waals surface area contributed by atoms with Gasteiger partial charge in [-0.1, -0.05) is 17.7 Å². The molecule has 9 heteroatoms. The van der Waals surface area contributed by atoms with Crippen molar-refractivity contribution < 1.29 is 17.9 Å². The predicted octanol–water partition coefficient (Wildman–Crippen LogP) is 3.97. The summed E-state index contributed by atoms with van der Waals surface area (Å²) in [5, 5.41) is 0.292. The summed E-state index contributed by atoms with van der Waals surface area (Å²) in [6.45, 7) is 6.26. The molecule has 1 aliphatic heterocycles. The lowest BCUT2D eigenvalue weighted by molar-refractivity contribution is -0.121. The lowest BCUT2D eigenvalue weighted by Gasteiger charge is -2.28. The molecular weight excluding hydrogens is 422 g/mol. The maximum atomic E-state index is 12.7. The summed E-state index contributed by atoms with van der Waals surface area (Å²) in [5.41, 5.74) is 3.14. The minimum atomic E-state index is -3.73. The molecular formula is C21H21N3O4S2. The van der Waals surface area contributed by atoms with E-state index in [1.165, 1.54) is 11.3 Å². The number of carbonyl (C=O) groups excluding carboxylic acids is 1. The van der Waals surface area contributed by atoms with E-state index in [0.29, 0.717) is 28.8 Å². The van der Waals surface area contributed by atoms with E-state index in [-0.39, 0.29) is 17.4 Å². The van der Waals surface area contributed by atoms with Crippen LogP contribution in [0.4, 0.5) is 10.8 Å². The van der Waals surface area contributed by atoms with Gasteiger partial charge < -0.3 is 9.64 Å². The van der Waals surface area contributed by atoms with Crippen molar-refractivity contribution in [2.45, 2.75) is 25.7 Å². The minimum Gasteiger partial charge on any atom is -0.482 e. The molecule has 1 aromatic heterocycles. The van der Waals surface area contributed by atoms with Crippen LogP contribution in [-0.2, 0) is 14.8 Å². The topological polar surface area (TPSA) is 88.6 Å². The quantitative estimate of drug-likeness (QED) is 0.645. The first-order chi connectivity index (χ1) is 14.3. The van der Waals surface area contributed by atoms with Gasteiger partial charge in [0.2, 0.25) is 0 Å². The van der Waals surface area contributed by atoms with Crippen molar-refractivity contribution in [2.75, 3.05) is 22.8 Å². The number of sulfonamides is 1. The molecule has 30 heavy (non-hydrogen) atoms. The van der Waals surface area contributed by atoms with Gasteiger partial charge in [-0.2, -0.15) is 0 Å². The zero-order valence-electron chi connectivity index (χ0n) is 16.8. The smallest absolute Gasteiger partial charge is 0.265 e. The monoisotopic (exact) mass is 443 g/mol. The summed E-state index contributed by atoms with van der Waals surface area (Å²) >= 11 is 1.27. The summed E-state index contributed by atoms with van der Waals surface area (Å²) in [5.74, 6) is 0.553. The van der Waals surface area contributed by atoms with Crippen LogP contribution in [0.2, 0.25) is 0 Å². The van der Waals surface area contributed by atoms with Crippen molar-refractivity contribution in [3.63, 3.8) is 0 Å². The molecule has 4 rings (SSSR count). The number of amides is 1. The molecule has 0 saturated carbocycles. The molecule has 156 valence electrons.